The smallest absolute Gasteiger partial charge is 0.458 e. The van der Waals surface area contributed by atoms with E-state index in [1.54, 1.807) is 0 Å². The molecular weight excluding hydrogens is 223 g/mol. The molecule has 0 bridgehead atoms. The number of halogens is 5. The molecule has 0 amide bonds. The van der Waals surface area contributed by atoms with Gasteiger partial charge in [0.15, 0.2) is 5.76 Å². The average Bonchev–Trinajstić information content (AvgIpc) is 2.48. The lowest BCUT2D eigenvalue weighted by Crippen LogP contribution is -2.43. The first-order chi connectivity index (χ1) is 6.66. The highest BCUT2D eigenvalue weighted by atomic mass is 19.4. The Kier molecular flexibility index (Phi) is 2.58. The number of aryl methyl sites for hydroxylation is 1. The van der Waals surface area contributed by atoms with E-state index in [1.165, 1.54) is 6.92 Å². The third kappa shape index (κ3) is 2.00. The van der Waals surface area contributed by atoms with Crippen molar-refractivity contribution in [3.63, 3.8) is 0 Å². The van der Waals surface area contributed by atoms with Crippen molar-refractivity contribution in [2.24, 2.45) is 0 Å². The van der Waals surface area contributed by atoms with Crippen LogP contribution in [0.3, 0.4) is 0 Å². The zero-order chi connectivity index (χ0) is 11.9. The van der Waals surface area contributed by atoms with Crippen molar-refractivity contribution in [3.8, 4) is 0 Å². The molecule has 15 heavy (non-hydrogen) atoms. The number of hydrogen-bond donors (Lipinski definition) is 0. The van der Waals surface area contributed by atoms with Crippen LogP contribution in [0.1, 0.15) is 16.3 Å². The summed E-state index contributed by atoms with van der Waals surface area (Å²) < 4.78 is 64.7. The number of furan rings is 1. The minimum atomic E-state index is -5.91. The second-order valence-corrected chi connectivity index (χ2v) is 2.81. The molecule has 0 aromatic carbocycles. The highest BCUT2D eigenvalue weighted by Crippen LogP contribution is 2.38. The Hall–Kier alpha value is -1.40. The minimum Gasteiger partial charge on any atom is -0.458 e. The van der Waals surface area contributed by atoms with Gasteiger partial charge in [-0.3, -0.25) is 4.79 Å². The maximum absolute atomic E-state index is 12.5. The minimum absolute atomic E-state index is 0.0799. The van der Waals surface area contributed by atoms with Crippen LogP contribution in [0.15, 0.2) is 16.5 Å². The fraction of sp³-hybridized carbons (Fsp3) is 0.375. The largest absolute Gasteiger partial charge is 0.461 e. The van der Waals surface area contributed by atoms with E-state index in [0.717, 1.165) is 12.1 Å². The lowest BCUT2D eigenvalue weighted by molar-refractivity contribution is -0.256. The number of carbonyl (C=O) groups excluding carboxylic acids is 1. The summed E-state index contributed by atoms with van der Waals surface area (Å²) in [5, 5.41) is 0. The average molecular weight is 228 g/mol. The summed E-state index contributed by atoms with van der Waals surface area (Å²) in [6, 6.07) is 1.90. The van der Waals surface area contributed by atoms with Crippen LogP contribution in [0.2, 0.25) is 0 Å². The van der Waals surface area contributed by atoms with E-state index in [1.807, 2.05) is 0 Å². The summed E-state index contributed by atoms with van der Waals surface area (Å²) in [7, 11) is 0. The first kappa shape index (κ1) is 11.7. The summed E-state index contributed by atoms with van der Waals surface area (Å²) in [6.07, 6.45) is -5.91. The summed E-state index contributed by atoms with van der Waals surface area (Å²) in [5.41, 5.74) is 0. The van der Waals surface area contributed by atoms with E-state index in [2.05, 4.69) is 4.42 Å². The van der Waals surface area contributed by atoms with Gasteiger partial charge in [0.25, 0.3) is 5.78 Å². The van der Waals surface area contributed by atoms with Crippen molar-refractivity contribution in [2.75, 3.05) is 0 Å². The van der Waals surface area contributed by atoms with Crippen molar-refractivity contribution in [1.82, 2.24) is 0 Å². The van der Waals surface area contributed by atoms with E-state index >= 15 is 0 Å². The standard InChI is InChI=1S/C8H5F5O2/c1-4-2-3-5(15-4)6(14)7(9,10)8(11,12)13/h2-3H,1H3. The third-order valence-corrected chi connectivity index (χ3v) is 1.61. The molecule has 2 nitrogen and oxygen atoms in total. The van der Waals surface area contributed by atoms with Crippen LogP contribution in [0.25, 0.3) is 0 Å². The number of carbonyl (C=O) groups is 1. The van der Waals surface area contributed by atoms with E-state index in [0.29, 0.717) is 0 Å². The SMILES string of the molecule is Cc1ccc(C(=O)C(F)(F)C(F)(F)F)o1. The molecule has 1 rings (SSSR count). The normalized spacial score (nSPS) is 12.9. The Labute approximate surface area is 80.7 Å². The van der Waals surface area contributed by atoms with Gasteiger partial charge in [-0.2, -0.15) is 22.0 Å². The molecule has 7 heteroatoms. The highest BCUT2D eigenvalue weighted by molar-refractivity contribution is 5.99. The van der Waals surface area contributed by atoms with Gasteiger partial charge in [0.1, 0.15) is 5.76 Å². The molecule has 1 aromatic heterocycles. The number of Topliss-reactive ketones (excluding diaryl/α,β-unsaturated/α-hetero) is 1. The predicted octanol–water partition coefficient (Wildman–Crippen LogP) is 2.97. The number of ketones is 1. The van der Waals surface area contributed by atoms with Crippen LogP contribution < -0.4 is 0 Å². The van der Waals surface area contributed by atoms with Gasteiger partial charge in [-0.05, 0) is 19.1 Å². The van der Waals surface area contributed by atoms with Gasteiger partial charge < -0.3 is 4.42 Å². The van der Waals surface area contributed by atoms with Crippen molar-refractivity contribution in [3.05, 3.63) is 23.7 Å². The molecule has 0 unspecified atom stereocenters. The summed E-state index contributed by atoms with van der Waals surface area (Å²) >= 11 is 0. The van der Waals surface area contributed by atoms with Crippen LogP contribution in [0.5, 0.6) is 0 Å². The molecule has 1 aromatic rings. The summed E-state index contributed by atoms with van der Waals surface area (Å²) in [5.74, 6) is -8.73. The topological polar surface area (TPSA) is 30.2 Å². The zero-order valence-electron chi connectivity index (χ0n) is 7.36. The lowest BCUT2D eigenvalue weighted by atomic mass is 10.1. The van der Waals surface area contributed by atoms with Crippen LogP contribution in [-0.2, 0) is 0 Å². The molecule has 0 aliphatic rings. The number of alkyl halides is 5. The molecular formula is C8H5F5O2. The van der Waals surface area contributed by atoms with Gasteiger partial charge in [-0.15, -0.1) is 0 Å². The van der Waals surface area contributed by atoms with Crippen molar-refractivity contribution in [1.29, 1.82) is 0 Å². The van der Waals surface area contributed by atoms with E-state index < -0.39 is 23.6 Å². The predicted molar refractivity (Wildman–Crippen MR) is 38.8 cm³/mol. The third-order valence-electron chi connectivity index (χ3n) is 1.61. The monoisotopic (exact) mass is 228 g/mol. The molecule has 0 radical (unpaired) electrons. The van der Waals surface area contributed by atoms with Crippen LogP contribution >= 0.6 is 0 Å². The van der Waals surface area contributed by atoms with Crippen LogP contribution in [0, 0.1) is 6.92 Å². The highest BCUT2D eigenvalue weighted by Gasteiger charge is 2.64. The first-order valence-corrected chi connectivity index (χ1v) is 3.72. The van der Waals surface area contributed by atoms with Gasteiger partial charge >= 0.3 is 12.1 Å². The van der Waals surface area contributed by atoms with Crippen molar-refractivity contribution >= 4 is 5.78 Å². The maximum Gasteiger partial charge on any atom is 0.461 e. The second kappa shape index (κ2) is 3.32. The fourth-order valence-electron chi connectivity index (χ4n) is 0.840. The molecule has 0 saturated carbocycles. The second-order valence-electron chi connectivity index (χ2n) is 2.81. The molecule has 0 saturated heterocycles. The van der Waals surface area contributed by atoms with Gasteiger partial charge in [0.2, 0.25) is 0 Å². The quantitative estimate of drug-likeness (QED) is 0.575. The Morgan fingerprint density at radius 2 is 1.73 bits per heavy atom. The van der Waals surface area contributed by atoms with Gasteiger partial charge in [-0.25, -0.2) is 0 Å². The summed E-state index contributed by atoms with van der Waals surface area (Å²) in [4.78, 5) is 10.8. The molecule has 0 N–H and O–H groups in total. The van der Waals surface area contributed by atoms with Crippen molar-refractivity contribution in [2.45, 2.75) is 19.0 Å². The van der Waals surface area contributed by atoms with E-state index in [-0.39, 0.29) is 5.76 Å². The molecule has 0 aliphatic heterocycles. The van der Waals surface area contributed by atoms with Crippen molar-refractivity contribution < 1.29 is 31.2 Å². The van der Waals surface area contributed by atoms with Gasteiger partial charge in [0.05, 0.1) is 0 Å². The van der Waals surface area contributed by atoms with Gasteiger partial charge in [0, 0.05) is 0 Å². The lowest BCUT2D eigenvalue weighted by Gasteiger charge is -2.16. The Bertz CT molecular complexity index is 377. The Morgan fingerprint density at radius 1 is 1.20 bits per heavy atom. The number of hydrogen-bond acceptors (Lipinski definition) is 2. The molecule has 0 aliphatic carbocycles. The molecule has 84 valence electrons. The first-order valence-electron chi connectivity index (χ1n) is 3.72. The fourth-order valence-corrected chi connectivity index (χ4v) is 0.840. The zero-order valence-corrected chi connectivity index (χ0v) is 7.36. The van der Waals surface area contributed by atoms with E-state index in [4.69, 9.17) is 0 Å². The summed E-state index contributed by atoms with van der Waals surface area (Å²) in [6.45, 7) is 1.32. The number of rotatable bonds is 2. The molecule has 0 spiro atoms. The Morgan fingerprint density at radius 3 is 2.07 bits per heavy atom. The van der Waals surface area contributed by atoms with E-state index in [9.17, 15) is 26.7 Å². The Balaban J connectivity index is 3.05. The van der Waals surface area contributed by atoms with Crippen LogP contribution in [-0.4, -0.2) is 17.9 Å². The molecule has 0 atom stereocenters. The molecule has 1 heterocycles. The van der Waals surface area contributed by atoms with Gasteiger partial charge in [-0.1, -0.05) is 0 Å². The molecule has 0 fully saturated rings. The maximum atomic E-state index is 12.5. The van der Waals surface area contributed by atoms with Crippen LogP contribution in [0.4, 0.5) is 22.0 Å².